The fourth-order valence-corrected chi connectivity index (χ4v) is 2.81. The maximum atomic E-state index is 11.6. The molecule has 1 atom stereocenters. The van der Waals surface area contributed by atoms with Gasteiger partial charge in [0.1, 0.15) is 19.0 Å². The van der Waals surface area contributed by atoms with Crippen molar-refractivity contribution >= 4 is 17.9 Å². The van der Waals surface area contributed by atoms with Gasteiger partial charge in [-0.05, 0) is 37.5 Å². The first-order chi connectivity index (χ1) is 17.5. The molecule has 2 rings (SSSR count). The minimum absolute atomic E-state index is 0.0336. The predicted molar refractivity (Wildman–Crippen MR) is 125 cm³/mol. The van der Waals surface area contributed by atoms with Gasteiger partial charge in [-0.15, -0.1) is 0 Å². The van der Waals surface area contributed by atoms with Crippen LogP contribution >= 0.6 is 0 Å². The van der Waals surface area contributed by atoms with Gasteiger partial charge in [0.05, 0.1) is 38.0 Å². The van der Waals surface area contributed by atoms with Crippen LogP contribution < -0.4 is 10.1 Å². The monoisotopic (exact) mass is 512 g/mol. The summed E-state index contributed by atoms with van der Waals surface area (Å²) in [6.07, 6.45) is 4.93. The van der Waals surface area contributed by atoms with E-state index in [0.29, 0.717) is 6.61 Å². The zero-order valence-electron chi connectivity index (χ0n) is 20.0. The molecule has 1 saturated heterocycles. The van der Waals surface area contributed by atoms with Crippen LogP contribution in [0.15, 0.2) is 36.4 Å². The highest BCUT2D eigenvalue weighted by Gasteiger charge is 2.12. The number of non-ortho nitro benzene ring substituents is 1. The third-order valence-electron chi connectivity index (χ3n) is 4.58. The lowest BCUT2D eigenvalue weighted by atomic mass is 10.2. The quantitative estimate of drug-likeness (QED) is 0.0868. The highest BCUT2D eigenvalue weighted by molar-refractivity contribution is 5.67. The van der Waals surface area contributed by atoms with Crippen molar-refractivity contribution in [3.63, 3.8) is 0 Å². The van der Waals surface area contributed by atoms with E-state index in [-0.39, 0.29) is 63.9 Å². The summed E-state index contributed by atoms with van der Waals surface area (Å²) in [4.78, 5) is 33.1. The Bertz CT molecular complexity index is 811. The van der Waals surface area contributed by atoms with Gasteiger partial charge < -0.3 is 38.5 Å². The molecule has 200 valence electrons. The van der Waals surface area contributed by atoms with Crippen molar-refractivity contribution in [3.05, 3.63) is 46.5 Å². The zero-order chi connectivity index (χ0) is 25.8. The molecule has 13 heteroatoms. The van der Waals surface area contributed by atoms with Crippen LogP contribution in [-0.2, 0) is 28.4 Å². The Labute approximate surface area is 208 Å². The molecule has 0 bridgehead atoms. The summed E-state index contributed by atoms with van der Waals surface area (Å²) >= 11 is 0. The second-order valence-corrected chi connectivity index (χ2v) is 7.30. The number of hydrogen-bond acceptors (Lipinski definition) is 11. The van der Waals surface area contributed by atoms with Gasteiger partial charge in [0, 0.05) is 25.3 Å². The summed E-state index contributed by atoms with van der Waals surface area (Å²) in [7, 11) is 0. The smallest absolute Gasteiger partial charge is 0.445 e. The maximum absolute atomic E-state index is 11.6. The molecule has 1 aromatic rings. The number of nitrogens with zero attached hydrogens (tertiary/aromatic N) is 1. The summed E-state index contributed by atoms with van der Waals surface area (Å²) in [5, 5.41) is 13.1. The average Bonchev–Trinajstić information content (AvgIpc) is 2.88. The van der Waals surface area contributed by atoms with E-state index in [1.165, 1.54) is 24.3 Å². The van der Waals surface area contributed by atoms with Gasteiger partial charge >= 0.3 is 12.2 Å². The van der Waals surface area contributed by atoms with E-state index < -0.39 is 17.2 Å². The van der Waals surface area contributed by atoms with Gasteiger partial charge in [0.25, 0.3) is 5.69 Å². The van der Waals surface area contributed by atoms with Gasteiger partial charge in [-0.2, -0.15) is 0 Å². The van der Waals surface area contributed by atoms with E-state index in [1.807, 2.05) is 0 Å². The molecule has 1 heterocycles. The fourth-order valence-electron chi connectivity index (χ4n) is 2.81. The molecule has 1 aromatic carbocycles. The molecule has 0 aromatic heterocycles. The number of carbonyl (C=O) groups is 2. The number of amides is 1. The Morgan fingerprint density at radius 3 is 2.44 bits per heavy atom. The molecule has 1 unspecified atom stereocenters. The number of hydrogen-bond donors (Lipinski definition) is 1. The topological polar surface area (TPSA) is 154 Å². The minimum Gasteiger partial charge on any atom is -0.445 e. The molecule has 0 saturated carbocycles. The van der Waals surface area contributed by atoms with Crippen LogP contribution in [0.1, 0.15) is 19.3 Å². The lowest BCUT2D eigenvalue weighted by Gasteiger charge is -2.21. The Kier molecular flexibility index (Phi) is 14.5. The lowest BCUT2D eigenvalue weighted by molar-refractivity contribution is -0.384. The second kappa shape index (κ2) is 18.1. The number of carbonyl (C=O) groups excluding carboxylic acids is 2. The number of alkyl carbamates (subject to hydrolysis) is 1. The van der Waals surface area contributed by atoms with E-state index in [4.69, 9.17) is 33.2 Å². The number of nitro groups is 1. The average molecular weight is 513 g/mol. The molecule has 1 fully saturated rings. The molecule has 0 radical (unpaired) electrons. The van der Waals surface area contributed by atoms with Crippen LogP contribution in [0.4, 0.5) is 15.3 Å². The summed E-state index contributed by atoms with van der Waals surface area (Å²) in [6.45, 7) is 2.49. The van der Waals surface area contributed by atoms with Crippen molar-refractivity contribution in [3.8, 4) is 5.75 Å². The van der Waals surface area contributed by atoms with Gasteiger partial charge in [-0.3, -0.25) is 10.1 Å². The van der Waals surface area contributed by atoms with Gasteiger partial charge in [0.15, 0.2) is 6.29 Å². The number of nitro benzene ring substituents is 1. The number of ether oxygens (including phenoxy) is 7. The number of benzene rings is 1. The summed E-state index contributed by atoms with van der Waals surface area (Å²) in [5.41, 5.74) is -0.114. The lowest BCUT2D eigenvalue weighted by Crippen LogP contribution is -2.28. The Morgan fingerprint density at radius 2 is 1.72 bits per heavy atom. The normalized spacial score (nSPS) is 15.4. The zero-order valence-corrected chi connectivity index (χ0v) is 20.0. The highest BCUT2D eigenvalue weighted by Crippen LogP contribution is 2.17. The Balaban J connectivity index is 1.34. The van der Waals surface area contributed by atoms with Crippen molar-refractivity contribution in [2.24, 2.45) is 0 Å². The van der Waals surface area contributed by atoms with Crippen molar-refractivity contribution < 1.29 is 47.7 Å². The third kappa shape index (κ3) is 13.6. The molecule has 1 aliphatic rings. The van der Waals surface area contributed by atoms with Crippen molar-refractivity contribution in [2.75, 3.05) is 59.4 Å². The van der Waals surface area contributed by atoms with Crippen molar-refractivity contribution in [1.29, 1.82) is 0 Å². The van der Waals surface area contributed by atoms with E-state index >= 15 is 0 Å². The van der Waals surface area contributed by atoms with Crippen LogP contribution in [0.5, 0.6) is 5.75 Å². The molecule has 1 amide bonds. The van der Waals surface area contributed by atoms with E-state index in [9.17, 15) is 19.7 Å². The maximum Gasteiger partial charge on any atom is 0.513 e. The molecular formula is C23H32N2O11. The molecule has 1 N–H and O–H groups in total. The van der Waals surface area contributed by atoms with Gasteiger partial charge in [0.2, 0.25) is 0 Å². The van der Waals surface area contributed by atoms with E-state index in [0.717, 1.165) is 25.9 Å². The van der Waals surface area contributed by atoms with Crippen LogP contribution in [-0.4, -0.2) is 82.9 Å². The standard InChI is InChI=1S/C23H32N2O11/c26-22(34-13-4-3-12-33-21-5-1-2-11-32-21)24-10-14-30-15-16-31-17-18-35-23(27)36-20-8-6-19(7-9-20)25(28)29/h3-4,6-9,21H,1-2,5,10-18H2,(H,24,26)/b4-3+. The number of rotatable bonds is 16. The Hall–Kier alpha value is -3.26. The molecule has 13 nitrogen and oxygen atoms in total. The Morgan fingerprint density at radius 1 is 1.00 bits per heavy atom. The SMILES string of the molecule is O=C(NCCOCCOCCOC(=O)Oc1ccc([N+](=O)[O-])cc1)OC/C=C/COC1CCCCO1. The fraction of sp³-hybridized carbons (Fsp3) is 0.565. The predicted octanol–water partition coefficient (Wildman–Crippen LogP) is 2.97. The van der Waals surface area contributed by atoms with Crippen molar-refractivity contribution in [2.45, 2.75) is 25.6 Å². The summed E-state index contributed by atoms with van der Waals surface area (Å²) in [5.74, 6) is 0.129. The highest BCUT2D eigenvalue weighted by atomic mass is 16.7. The minimum atomic E-state index is -0.945. The van der Waals surface area contributed by atoms with E-state index in [2.05, 4.69) is 5.32 Å². The van der Waals surface area contributed by atoms with Crippen LogP contribution in [0.3, 0.4) is 0 Å². The molecule has 0 spiro atoms. The van der Waals surface area contributed by atoms with Crippen LogP contribution in [0.2, 0.25) is 0 Å². The molecule has 1 aliphatic heterocycles. The molecular weight excluding hydrogens is 480 g/mol. The first-order valence-corrected chi connectivity index (χ1v) is 11.6. The summed E-state index contributed by atoms with van der Waals surface area (Å²) in [6, 6.07) is 5.02. The first kappa shape index (κ1) is 29.0. The van der Waals surface area contributed by atoms with Gasteiger partial charge in [-0.25, -0.2) is 9.59 Å². The molecule has 0 aliphatic carbocycles. The first-order valence-electron chi connectivity index (χ1n) is 11.6. The largest absolute Gasteiger partial charge is 0.513 e. The van der Waals surface area contributed by atoms with Crippen molar-refractivity contribution in [1.82, 2.24) is 5.32 Å². The summed E-state index contributed by atoms with van der Waals surface area (Å²) < 4.78 is 36.3. The van der Waals surface area contributed by atoms with Gasteiger partial charge in [-0.1, -0.05) is 6.08 Å². The van der Waals surface area contributed by atoms with E-state index in [1.54, 1.807) is 12.2 Å². The second-order valence-electron chi connectivity index (χ2n) is 7.30. The molecule has 36 heavy (non-hydrogen) atoms. The van der Waals surface area contributed by atoms with Crippen LogP contribution in [0, 0.1) is 10.1 Å². The number of nitrogens with one attached hydrogen (secondary N) is 1. The third-order valence-corrected chi connectivity index (χ3v) is 4.58. The van der Waals surface area contributed by atoms with Crippen LogP contribution in [0.25, 0.3) is 0 Å².